The zero-order chi connectivity index (χ0) is 28.5. The van der Waals surface area contributed by atoms with Crippen molar-refractivity contribution in [1.82, 2.24) is 5.32 Å². The number of hydrogen-bond donors (Lipinski definition) is 1. The van der Waals surface area contributed by atoms with Crippen molar-refractivity contribution >= 4 is 17.7 Å². The summed E-state index contributed by atoms with van der Waals surface area (Å²) in [7, 11) is 0. The van der Waals surface area contributed by atoms with Gasteiger partial charge in [-0.15, -0.1) is 0 Å². The van der Waals surface area contributed by atoms with Crippen molar-refractivity contribution in [1.29, 1.82) is 5.26 Å². The fraction of sp³-hybridized carbons (Fsp3) is 0.467. The number of ether oxygens (including phenoxy) is 1. The molecule has 0 heterocycles. The van der Waals surface area contributed by atoms with Crippen molar-refractivity contribution in [3.05, 3.63) is 74.0 Å². The summed E-state index contributed by atoms with van der Waals surface area (Å²) in [5.41, 5.74) is -5.11. The van der Waals surface area contributed by atoms with Gasteiger partial charge in [0.2, 0.25) is 0 Å². The van der Waals surface area contributed by atoms with Gasteiger partial charge in [0, 0.05) is 17.0 Å². The molecule has 2 saturated carbocycles. The topological polar surface area (TPSA) is 62.1 Å². The zero-order valence-corrected chi connectivity index (χ0v) is 25.5. The Hall–Kier alpha value is -2.35. The van der Waals surface area contributed by atoms with Gasteiger partial charge in [0.1, 0.15) is 5.75 Å². The molecule has 0 bridgehead atoms. The van der Waals surface area contributed by atoms with Crippen LogP contribution in [-0.2, 0) is 23.2 Å². The second kappa shape index (κ2) is 18.3. The molecule has 12 heteroatoms. The molecule has 2 atom stereocenters. The van der Waals surface area contributed by atoms with E-state index >= 15 is 0 Å². The van der Waals surface area contributed by atoms with E-state index in [2.05, 4.69) is 5.32 Å². The van der Waals surface area contributed by atoms with Gasteiger partial charge in [-0.3, -0.25) is 4.79 Å². The van der Waals surface area contributed by atoms with E-state index in [4.69, 9.17) is 10.00 Å². The first kappa shape index (κ1) is 39.6. The van der Waals surface area contributed by atoms with Gasteiger partial charge >= 0.3 is 28.8 Å². The molecule has 0 aliphatic heterocycles. The molecule has 2 fully saturated rings. The maximum atomic E-state index is 13.3. The molecule has 2 aromatic rings. The molecular weight excluding hydrogens is 622 g/mol. The molecular formula is C30H36F6FeN2O2S. The zero-order valence-electron chi connectivity index (χ0n) is 23.6. The molecule has 0 saturated heterocycles. The second-order valence-corrected chi connectivity index (χ2v) is 10.8. The number of thioether (sulfide) groups is 1. The van der Waals surface area contributed by atoms with E-state index in [1.165, 1.54) is 56.4 Å². The summed E-state index contributed by atoms with van der Waals surface area (Å²) in [6.07, 6.45) is 5.16. The van der Waals surface area contributed by atoms with E-state index in [9.17, 15) is 31.1 Å². The molecule has 2 unspecified atom stereocenters. The Morgan fingerprint density at radius 2 is 1.48 bits per heavy atom. The third-order valence-electron chi connectivity index (χ3n) is 6.81. The first-order valence-electron chi connectivity index (χ1n) is 12.8. The van der Waals surface area contributed by atoms with Crippen LogP contribution in [0.5, 0.6) is 5.75 Å². The van der Waals surface area contributed by atoms with Gasteiger partial charge in [-0.05, 0) is 78.9 Å². The number of nitriles is 1. The molecule has 2 aromatic carbocycles. The Morgan fingerprint density at radius 3 is 2.00 bits per heavy atom. The minimum atomic E-state index is -4.62. The molecule has 0 aromatic heterocycles. The third kappa shape index (κ3) is 12.9. The molecule has 2 aliphatic rings. The molecule has 0 spiro atoms. The van der Waals surface area contributed by atoms with Gasteiger partial charge in [-0.25, -0.2) is 0 Å². The number of alkyl halides is 6. The Kier molecular flexibility index (Phi) is 17.3. The Morgan fingerprint density at radius 1 is 0.905 bits per heavy atom. The van der Waals surface area contributed by atoms with Crippen molar-refractivity contribution in [2.75, 3.05) is 13.2 Å². The summed E-state index contributed by atoms with van der Waals surface area (Å²) < 4.78 is 82.6. The Labute approximate surface area is 259 Å². The van der Waals surface area contributed by atoms with Crippen LogP contribution in [-0.4, -0.2) is 24.6 Å². The minimum absolute atomic E-state index is 0. The summed E-state index contributed by atoms with van der Waals surface area (Å²) in [5.74, 6) is -0.982. The van der Waals surface area contributed by atoms with Gasteiger partial charge in [0.05, 0.1) is 23.8 Å². The smallest absolute Gasteiger partial charge is 0.493 e. The summed E-state index contributed by atoms with van der Waals surface area (Å²) in [6, 6.07) is 9.80. The standard InChI is InChI=1S/C23H20F6N2O2S.C5H10.2CH3.Fe/c24-22(25,26)19-9-4-14(11-30)10-20(19)33-13-17-3-1-2-16(17)12-31-21(32)15-5-7-18(8-6-15)34-23(27,28)29;1-2-4-5-3-1;;;/h4-10,16-17H,1-3,12-13H2,(H,31,32);1-5H2;2*1H3;/q;;2*-1;+2. The van der Waals surface area contributed by atoms with Crippen LogP contribution in [0.2, 0.25) is 0 Å². The first-order chi connectivity index (χ1) is 18.5. The van der Waals surface area contributed by atoms with E-state index < -0.39 is 28.9 Å². The van der Waals surface area contributed by atoms with E-state index in [-0.39, 0.29) is 84.7 Å². The molecule has 0 radical (unpaired) electrons. The van der Waals surface area contributed by atoms with Crippen molar-refractivity contribution in [3.8, 4) is 11.8 Å². The number of amides is 1. The monoisotopic (exact) mass is 658 g/mol. The number of nitrogens with one attached hydrogen (secondary N) is 1. The average molecular weight is 659 g/mol. The van der Waals surface area contributed by atoms with Crippen LogP contribution < -0.4 is 10.1 Å². The van der Waals surface area contributed by atoms with Crippen LogP contribution in [0.25, 0.3) is 0 Å². The summed E-state index contributed by atoms with van der Waals surface area (Å²) in [4.78, 5) is 12.4. The van der Waals surface area contributed by atoms with Crippen LogP contribution in [0.1, 0.15) is 72.9 Å². The van der Waals surface area contributed by atoms with E-state index in [1.54, 1.807) is 6.07 Å². The van der Waals surface area contributed by atoms with E-state index in [1.807, 2.05) is 0 Å². The molecule has 1 N–H and O–H groups in total. The SMILES string of the molecule is C1CCCC1.N#Cc1ccc(C(F)(F)F)c(OCC2CCCC2CNC(=O)c2ccc(SC(F)(F)F)cc2)c1.[CH3-].[CH3-].[Fe+2]. The fourth-order valence-corrected chi connectivity index (χ4v) is 5.30. The largest absolute Gasteiger partial charge is 2.00 e. The molecule has 42 heavy (non-hydrogen) atoms. The van der Waals surface area contributed by atoms with Gasteiger partial charge < -0.3 is 24.9 Å². The Bertz CT molecular complexity index is 1120. The van der Waals surface area contributed by atoms with Gasteiger partial charge in [0.25, 0.3) is 5.91 Å². The number of hydrogen-bond acceptors (Lipinski definition) is 4. The van der Waals surface area contributed by atoms with Crippen molar-refractivity contribution in [2.24, 2.45) is 11.8 Å². The van der Waals surface area contributed by atoms with E-state index in [0.29, 0.717) is 6.42 Å². The Balaban J connectivity index is 0.00000190. The molecule has 4 rings (SSSR count). The van der Waals surface area contributed by atoms with Crippen molar-refractivity contribution in [2.45, 2.75) is 67.9 Å². The van der Waals surface area contributed by atoms with Crippen molar-refractivity contribution < 1.29 is 52.9 Å². The minimum Gasteiger partial charge on any atom is -0.493 e. The maximum Gasteiger partial charge on any atom is 2.00 e. The number of rotatable bonds is 7. The summed E-state index contributed by atoms with van der Waals surface area (Å²) in [5, 5.41) is 11.7. The molecule has 234 valence electrons. The number of carbonyl (C=O) groups is 1. The molecule has 2 aliphatic carbocycles. The number of halogens is 6. The predicted molar refractivity (Wildman–Crippen MR) is 149 cm³/mol. The third-order valence-corrected chi connectivity index (χ3v) is 7.55. The summed E-state index contributed by atoms with van der Waals surface area (Å²) in [6.45, 7) is 0.262. The quantitative estimate of drug-likeness (QED) is 0.140. The van der Waals surface area contributed by atoms with Gasteiger partial charge in [-0.1, -0.05) is 38.5 Å². The van der Waals surface area contributed by atoms with Gasteiger partial charge in [-0.2, -0.15) is 31.6 Å². The van der Waals surface area contributed by atoms with E-state index in [0.717, 1.165) is 31.0 Å². The fourth-order valence-electron chi connectivity index (χ4n) is 4.76. The average Bonchev–Trinajstić information content (AvgIpc) is 3.60. The van der Waals surface area contributed by atoms with Gasteiger partial charge in [0.15, 0.2) is 0 Å². The van der Waals surface area contributed by atoms with Crippen LogP contribution in [0.4, 0.5) is 26.3 Å². The number of benzene rings is 2. The predicted octanol–water partition coefficient (Wildman–Crippen LogP) is 9.26. The first-order valence-corrected chi connectivity index (χ1v) is 13.7. The normalized spacial score (nSPS) is 17.7. The van der Waals surface area contributed by atoms with Crippen LogP contribution in [0.3, 0.4) is 0 Å². The van der Waals surface area contributed by atoms with Crippen LogP contribution in [0.15, 0.2) is 47.4 Å². The maximum absolute atomic E-state index is 13.3. The van der Waals surface area contributed by atoms with Crippen LogP contribution in [0, 0.1) is 38.0 Å². The molecule has 1 amide bonds. The number of nitrogens with zero attached hydrogens (tertiary/aromatic N) is 1. The molecule has 4 nitrogen and oxygen atoms in total. The summed E-state index contributed by atoms with van der Waals surface area (Å²) >= 11 is -0.270. The van der Waals surface area contributed by atoms with Crippen LogP contribution >= 0.6 is 11.8 Å². The second-order valence-electron chi connectivity index (χ2n) is 9.63. The number of carbonyl (C=O) groups excluding carboxylic acids is 1. The van der Waals surface area contributed by atoms with Crippen molar-refractivity contribution in [3.63, 3.8) is 0 Å².